The molecule has 144 valence electrons. The topological polar surface area (TPSA) is 6.25 Å². The van der Waals surface area contributed by atoms with Gasteiger partial charge in [-0.1, -0.05) is 0 Å². The van der Waals surface area contributed by atoms with Crippen LogP contribution >= 0.6 is 0 Å². The van der Waals surface area contributed by atoms with Crippen molar-refractivity contribution >= 4 is 11.8 Å². The molecular formula is C25H27IN2. The van der Waals surface area contributed by atoms with Crippen LogP contribution in [0.5, 0.6) is 0 Å². The van der Waals surface area contributed by atoms with Crippen molar-refractivity contribution in [3.05, 3.63) is 57.7 Å². The number of nitrogens with zero attached hydrogens (tertiary/aromatic N) is 2. The van der Waals surface area contributed by atoms with Crippen LogP contribution in [-0.4, -0.2) is 26.2 Å². The fraction of sp³-hybridized carbons (Fsp3) is 0.480. The first-order valence-electron chi connectivity index (χ1n) is 11.2. The van der Waals surface area contributed by atoms with Gasteiger partial charge in [-0.15, -0.1) is 0 Å². The van der Waals surface area contributed by atoms with Crippen LogP contribution in [-0.2, 0) is 25.7 Å². The summed E-state index contributed by atoms with van der Waals surface area (Å²) in [5.74, 6) is 0. The summed E-state index contributed by atoms with van der Waals surface area (Å²) in [4.78, 5) is 2.72. The van der Waals surface area contributed by atoms with Gasteiger partial charge in [0, 0.05) is 0 Å². The van der Waals surface area contributed by atoms with E-state index in [1.165, 1.54) is 77.5 Å². The number of benzene rings is 2. The number of hydrogen-bond donors (Lipinski definition) is 0. The zero-order valence-corrected chi connectivity index (χ0v) is 18.6. The molecule has 0 aromatic heterocycles. The van der Waals surface area contributed by atoms with E-state index < -0.39 is 0 Å². The van der Waals surface area contributed by atoms with Crippen molar-refractivity contribution in [2.45, 2.75) is 51.4 Å². The van der Waals surface area contributed by atoms with Crippen molar-refractivity contribution in [1.29, 1.82) is 0 Å². The van der Waals surface area contributed by atoms with Gasteiger partial charge in [0.25, 0.3) is 0 Å². The van der Waals surface area contributed by atoms with Gasteiger partial charge >= 0.3 is 178 Å². The van der Waals surface area contributed by atoms with Gasteiger partial charge in [-0.05, 0) is 0 Å². The number of fused-ring (bicyclic) bond motifs is 4. The van der Waals surface area contributed by atoms with Crippen molar-refractivity contribution < 1.29 is 21.2 Å². The van der Waals surface area contributed by atoms with E-state index in [9.17, 15) is 0 Å². The van der Waals surface area contributed by atoms with Crippen LogP contribution in [0.2, 0.25) is 0 Å². The monoisotopic (exact) mass is 482 g/mol. The van der Waals surface area contributed by atoms with E-state index in [4.69, 9.17) is 0 Å². The van der Waals surface area contributed by atoms with E-state index >= 15 is 0 Å². The Morgan fingerprint density at radius 3 is 2.50 bits per heavy atom. The zero-order valence-electron chi connectivity index (χ0n) is 16.5. The summed E-state index contributed by atoms with van der Waals surface area (Å²) in [7, 11) is 0. The number of hydrogen-bond acceptors (Lipinski definition) is 1. The third kappa shape index (κ3) is 2.23. The summed E-state index contributed by atoms with van der Waals surface area (Å²) in [5, 5.41) is 3.26. The van der Waals surface area contributed by atoms with E-state index in [0.29, 0.717) is 0 Å². The molecule has 2 aromatic rings. The molecule has 0 saturated carbocycles. The fourth-order valence-corrected chi connectivity index (χ4v) is 9.87. The van der Waals surface area contributed by atoms with Gasteiger partial charge in [0.2, 0.25) is 0 Å². The van der Waals surface area contributed by atoms with Crippen molar-refractivity contribution in [3.63, 3.8) is 0 Å². The zero-order chi connectivity index (χ0) is 18.2. The Balaban J connectivity index is 1.52. The fourth-order valence-electron chi connectivity index (χ4n) is 6.39. The molecular weight excluding hydrogens is 455 g/mol. The van der Waals surface area contributed by atoms with Gasteiger partial charge in [0.1, 0.15) is 0 Å². The summed E-state index contributed by atoms with van der Waals surface area (Å²) in [6, 6.07) is 5.18. The molecule has 0 bridgehead atoms. The van der Waals surface area contributed by atoms with Crippen LogP contribution in [0, 0.1) is 7.14 Å². The molecule has 2 nitrogen and oxygen atoms in total. The third-order valence-electron chi connectivity index (χ3n) is 7.47. The number of aryl methyl sites for hydroxylation is 2. The van der Waals surface area contributed by atoms with Gasteiger partial charge in [-0.25, -0.2) is 0 Å². The Bertz CT molecular complexity index is 1150. The Hall–Kier alpha value is -1.36. The first-order valence-corrected chi connectivity index (χ1v) is 13.4. The SMILES string of the molecule is C1=c2cc3c4c(c2[I-]c2c1cc1c5c2CCCN5CCC1)CCC[N+]=4CCC3. The number of anilines is 1. The predicted molar refractivity (Wildman–Crippen MR) is 110 cm³/mol. The van der Waals surface area contributed by atoms with Crippen LogP contribution < -0.4 is 41.3 Å². The standard InChI is InChI=1S/C25H27IN2/c1-5-16-13-18-15-19-14-17-6-2-10-28-12-4-8-21(25(17)28)23(19)26-22(18)20-7-3-11-27(9-1)24(16)20/h13-15H,1-12H2. The van der Waals surface area contributed by atoms with E-state index in [1.54, 1.807) is 51.2 Å². The molecule has 5 aliphatic rings. The minimum atomic E-state index is -0.0703. The van der Waals surface area contributed by atoms with Crippen LogP contribution in [0.15, 0.2) is 12.1 Å². The molecule has 0 saturated heterocycles. The molecule has 0 unspecified atom stereocenters. The maximum atomic E-state index is 2.72. The summed E-state index contributed by atoms with van der Waals surface area (Å²) >= 11 is -0.0703. The average Bonchev–Trinajstić information content (AvgIpc) is 2.74. The maximum absolute atomic E-state index is 2.72. The third-order valence-corrected chi connectivity index (χ3v) is 11.1. The predicted octanol–water partition coefficient (Wildman–Crippen LogP) is -0.960. The molecule has 0 aliphatic carbocycles. The quantitative estimate of drug-likeness (QED) is 0.296. The Labute approximate surface area is 177 Å². The molecule has 28 heavy (non-hydrogen) atoms. The molecule has 0 N–H and O–H groups in total. The van der Waals surface area contributed by atoms with Crippen molar-refractivity contribution in [3.8, 4) is 0 Å². The molecule has 7 rings (SSSR count). The van der Waals surface area contributed by atoms with Gasteiger partial charge in [-0.2, -0.15) is 0 Å². The van der Waals surface area contributed by atoms with Gasteiger partial charge in [-0.3, -0.25) is 0 Å². The van der Waals surface area contributed by atoms with E-state index in [-0.39, 0.29) is 21.2 Å². The summed E-state index contributed by atoms with van der Waals surface area (Å²) in [6.07, 6.45) is 13.2. The first kappa shape index (κ1) is 16.4. The van der Waals surface area contributed by atoms with E-state index in [1.807, 2.05) is 0 Å². The molecule has 5 heterocycles. The van der Waals surface area contributed by atoms with E-state index in [0.717, 1.165) is 0 Å². The molecule has 5 aliphatic heterocycles. The van der Waals surface area contributed by atoms with Gasteiger partial charge < -0.3 is 0 Å². The van der Waals surface area contributed by atoms with Crippen LogP contribution in [0.1, 0.15) is 53.5 Å². The molecule has 3 heteroatoms. The summed E-state index contributed by atoms with van der Waals surface area (Å²) in [6.45, 7) is 5.13. The first-order chi connectivity index (χ1) is 13.9. The Morgan fingerprint density at radius 2 is 1.57 bits per heavy atom. The van der Waals surface area contributed by atoms with Gasteiger partial charge in [0.05, 0.1) is 0 Å². The number of rotatable bonds is 0. The normalized spacial score (nSPS) is 21.6. The molecule has 0 atom stereocenters. The van der Waals surface area contributed by atoms with Crippen LogP contribution in [0.25, 0.3) is 6.08 Å². The Kier molecular flexibility index (Phi) is 3.56. The number of halogens is 1. The van der Waals surface area contributed by atoms with Crippen LogP contribution in [0.3, 0.4) is 0 Å². The second-order valence-corrected chi connectivity index (χ2v) is 11.9. The van der Waals surface area contributed by atoms with Crippen LogP contribution in [0.4, 0.5) is 5.69 Å². The molecule has 0 amide bonds. The second kappa shape index (κ2) is 6.07. The van der Waals surface area contributed by atoms with Crippen molar-refractivity contribution in [2.24, 2.45) is 0 Å². The molecule has 0 spiro atoms. The van der Waals surface area contributed by atoms with Gasteiger partial charge in [0.15, 0.2) is 0 Å². The van der Waals surface area contributed by atoms with Crippen molar-refractivity contribution in [2.75, 3.05) is 31.1 Å². The summed E-state index contributed by atoms with van der Waals surface area (Å²) < 4.78 is 6.28. The molecule has 2 aromatic carbocycles. The summed E-state index contributed by atoms with van der Waals surface area (Å²) in [5.41, 5.74) is 10.1. The Morgan fingerprint density at radius 1 is 0.786 bits per heavy atom. The van der Waals surface area contributed by atoms with Crippen molar-refractivity contribution in [1.82, 2.24) is 4.58 Å². The second-order valence-electron chi connectivity index (χ2n) is 9.16. The minimum absolute atomic E-state index is 0.0703. The molecule has 0 fully saturated rings. The average molecular weight is 482 g/mol. The molecule has 0 radical (unpaired) electrons. The van der Waals surface area contributed by atoms with E-state index in [2.05, 4.69) is 27.7 Å².